The van der Waals surface area contributed by atoms with E-state index >= 15 is 0 Å². The molecule has 0 atom stereocenters. The first-order chi connectivity index (χ1) is 9.25. The lowest BCUT2D eigenvalue weighted by Crippen LogP contribution is -2.04. The van der Waals surface area contributed by atoms with Crippen molar-refractivity contribution in [2.45, 2.75) is 20.4 Å². The Kier molecular flexibility index (Phi) is 2.95. The molecule has 19 heavy (non-hydrogen) atoms. The van der Waals surface area contributed by atoms with Crippen LogP contribution in [-0.4, -0.2) is 9.38 Å². The lowest BCUT2D eigenvalue weighted by molar-refractivity contribution is 1.04. The molecule has 0 bridgehead atoms. The van der Waals surface area contributed by atoms with E-state index < -0.39 is 0 Å². The number of aryl methyl sites for hydroxylation is 2. The van der Waals surface area contributed by atoms with Gasteiger partial charge in [-0.3, -0.25) is 4.40 Å². The number of benzene rings is 1. The average Bonchev–Trinajstić information content (AvgIpc) is 2.74. The van der Waals surface area contributed by atoms with E-state index in [2.05, 4.69) is 52.0 Å². The summed E-state index contributed by atoms with van der Waals surface area (Å²) in [6.45, 7) is 4.96. The van der Waals surface area contributed by atoms with E-state index in [1.807, 2.05) is 25.1 Å². The van der Waals surface area contributed by atoms with Gasteiger partial charge in [-0.1, -0.05) is 36.4 Å². The lowest BCUT2D eigenvalue weighted by atomic mass is 10.2. The van der Waals surface area contributed by atoms with Gasteiger partial charge < -0.3 is 5.32 Å². The standard InChI is InChI=1S/C16H17N3/c1-12-13(2)19-15(9-6-10-16(19)18-12)17-11-14-7-4-3-5-8-14/h3-10,17H,11H2,1-2H3. The zero-order valence-corrected chi connectivity index (χ0v) is 11.2. The summed E-state index contributed by atoms with van der Waals surface area (Å²) in [6, 6.07) is 16.6. The summed E-state index contributed by atoms with van der Waals surface area (Å²) in [6.07, 6.45) is 0. The number of aromatic nitrogens is 2. The Morgan fingerprint density at radius 3 is 2.58 bits per heavy atom. The van der Waals surface area contributed by atoms with Crippen LogP contribution in [0.3, 0.4) is 0 Å². The van der Waals surface area contributed by atoms with Crippen molar-refractivity contribution in [1.29, 1.82) is 0 Å². The average molecular weight is 251 g/mol. The third kappa shape index (κ3) is 2.19. The van der Waals surface area contributed by atoms with Crippen LogP contribution < -0.4 is 5.32 Å². The summed E-state index contributed by atoms with van der Waals surface area (Å²) in [7, 11) is 0. The van der Waals surface area contributed by atoms with Crippen LogP contribution >= 0.6 is 0 Å². The Morgan fingerprint density at radius 2 is 1.79 bits per heavy atom. The highest BCUT2D eigenvalue weighted by Crippen LogP contribution is 2.18. The summed E-state index contributed by atoms with van der Waals surface area (Å²) in [5, 5.41) is 3.48. The first-order valence-corrected chi connectivity index (χ1v) is 6.48. The van der Waals surface area contributed by atoms with Gasteiger partial charge in [0, 0.05) is 12.2 Å². The Hall–Kier alpha value is -2.29. The Labute approximate surface area is 112 Å². The van der Waals surface area contributed by atoms with E-state index in [1.54, 1.807) is 0 Å². The molecule has 0 aliphatic carbocycles. The molecule has 3 rings (SSSR count). The van der Waals surface area contributed by atoms with Crippen molar-refractivity contribution in [2.75, 3.05) is 5.32 Å². The van der Waals surface area contributed by atoms with E-state index in [4.69, 9.17) is 0 Å². The van der Waals surface area contributed by atoms with E-state index in [0.717, 1.165) is 23.7 Å². The van der Waals surface area contributed by atoms with Crippen LogP contribution in [0.4, 0.5) is 5.82 Å². The Balaban J connectivity index is 1.93. The highest BCUT2D eigenvalue weighted by atomic mass is 15.1. The number of hydrogen-bond donors (Lipinski definition) is 1. The van der Waals surface area contributed by atoms with Crippen LogP contribution in [0.15, 0.2) is 48.5 Å². The molecular weight excluding hydrogens is 234 g/mol. The predicted octanol–water partition coefficient (Wildman–Crippen LogP) is 3.56. The van der Waals surface area contributed by atoms with Crippen molar-refractivity contribution >= 4 is 11.5 Å². The van der Waals surface area contributed by atoms with Crippen molar-refractivity contribution in [3.63, 3.8) is 0 Å². The molecule has 2 heterocycles. The first-order valence-electron chi connectivity index (χ1n) is 6.48. The number of pyridine rings is 1. The highest BCUT2D eigenvalue weighted by Gasteiger charge is 2.07. The summed E-state index contributed by atoms with van der Waals surface area (Å²) in [5.41, 5.74) is 4.53. The fraction of sp³-hybridized carbons (Fsp3) is 0.188. The number of anilines is 1. The van der Waals surface area contributed by atoms with Crippen molar-refractivity contribution in [3.8, 4) is 0 Å². The van der Waals surface area contributed by atoms with Crippen molar-refractivity contribution in [1.82, 2.24) is 9.38 Å². The number of hydrogen-bond acceptors (Lipinski definition) is 2. The highest BCUT2D eigenvalue weighted by molar-refractivity contribution is 5.53. The molecule has 0 aliphatic heterocycles. The molecule has 3 heteroatoms. The smallest absolute Gasteiger partial charge is 0.138 e. The molecule has 3 nitrogen and oxygen atoms in total. The molecule has 1 aromatic carbocycles. The van der Waals surface area contributed by atoms with Gasteiger partial charge in [0.15, 0.2) is 0 Å². The largest absolute Gasteiger partial charge is 0.367 e. The van der Waals surface area contributed by atoms with Crippen molar-refractivity contribution in [3.05, 3.63) is 65.5 Å². The number of nitrogens with zero attached hydrogens (tertiary/aromatic N) is 2. The maximum Gasteiger partial charge on any atom is 0.138 e. The topological polar surface area (TPSA) is 29.3 Å². The fourth-order valence-electron chi connectivity index (χ4n) is 2.28. The second-order valence-corrected chi connectivity index (χ2v) is 4.73. The summed E-state index contributed by atoms with van der Waals surface area (Å²) >= 11 is 0. The van der Waals surface area contributed by atoms with Gasteiger partial charge in [0.1, 0.15) is 11.5 Å². The van der Waals surface area contributed by atoms with Crippen LogP contribution in [0.25, 0.3) is 5.65 Å². The molecule has 3 aromatic rings. The second-order valence-electron chi connectivity index (χ2n) is 4.73. The molecule has 2 aromatic heterocycles. The zero-order valence-electron chi connectivity index (χ0n) is 11.2. The lowest BCUT2D eigenvalue weighted by Gasteiger charge is -2.10. The van der Waals surface area contributed by atoms with Gasteiger partial charge in [0.05, 0.1) is 5.69 Å². The van der Waals surface area contributed by atoms with Gasteiger partial charge >= 0.3 is 0 Å². The van der Waals surface area contributed by atoms with Gasteiger partial charge in [-0.15, -0.1) is 0 Å². The maximum absolute atomic E-state index is 4.55. The zero-order chi connectivity index (χ0) is 13.2. The van der Waals surface area contributed by atoms with Gasteiger partial charge in [0.2, 0.25) is 0 Å². The van der Waals surface area contributed by atoms with Gasteiger partial charge in [-0.2, -0.15) is 0 Å². The molecule has 0 spiro atoms. The van der Waals surface area contributed by atoms with E-state index in [9.17, 15) is 0 Å². The number of nitrogens with one attached hydrogen (secondary N) is 1. The molecule has 0 unspecified atom stereocenters. The molecule has 1 N–H and O–H groups in total. The minimum Gasteiger partial charge on any atom is -0.367 e. The summed E-state index contributed by atoms with van der Waals surface area (Å²) in [4.78, 5) is 4.55. The monoisotopic (exact) mass is 251 g/mol. The Bertz CT molecular complexity index is 699. The molecule has 0 amide bonds. The predicted molar refractivity (Wildman–Crippen MR) is 78.4 cm³/mol. The van der Waals surface area contributed by atoms with E-state index in [1.165, 1.54) is 11.3 Å². The normalized spacial score (nSPS) is 10.8. The number of imidazole rings is 1. The van der Waals surface area contributed by atoms with Crippen LogP contribution in [0.2, 0.25) is 0 Å². The van der Waals surface area contributed by atoms with Gasteiger partial charge in [-0.05, 0) is 31.5 Å². The molecule has 0 fully saturated rings. The molecule has 0 radical (unpaired) electrons. The second kappa shape index (κ2) is 4.76. The number of rotatable bonds is 3. The van der Waals surface area contributed by atoms with Gasteiger partial charge in [0.25, 0.3) is 0 Å². The quantitative estimate of drug-likeness (QED) is 0.771. The van der Waals surface area contributed by atoms with Crippen LogP contribution in [0.5, 0.6) is 0 Å². The minimum atomic E-state index is 0.816. The van der Waals surface area contributed by atoms with Crippen molar-refractivity contribution < 1.29 is 0 Å². The van der Waals surface area contributed by atoms with Crippen LogP contribution in [0.1, 0.15) is 17.0 Å². The van der Waals surface area contributed by atoms with E-state index in [0.29, 0.717) is 0 Å². The fourth-order valence-corrected chi connectivity index (χ4v) is 2.28. The maximum atomic E-state index is 4.55. The Morgan fingerprint density at radius 1 is 1.00 bits per heavy atom. The third-order valence-corrected chi connectivity index (χ3v) is 3.43. The third-order valence-electron chi connectivity index (χ3n) is 3.43. The summed E-state index contributed by atoms with van der Waals surface area (Å²) < 4.78 is 2.16. The summed E-state index contributed by atoms with van der Waals surface area (Å²) in [5.74, 6) is 1.08. The van der Waals surface area contributed by atoms with Crippen LogP contribution in [0, 0.1) is 13.8 Å². The van der Waals surface area contributed by atoms with E-state index in [-0.39, 0.29) is 0 Å². The molecular formula is C16H17N3. The molecule has 0 saturated heterocycles. The van der Waals surface area contributed by atoms with Crippen molar-refractivity contribution in [2.24, 2.45) is 0 Å². The SMILES string of the molecule is Cc1nc2cccc(NCc3ccccc3)n2c1C. The minimum absolute atomic E-state index is 0.816. The molecule has 0 aliphatic rings. The molecule has 0 saturated carbocycles. The first kappa shape index (κ1) is 11.8. The molecule has 96 valence electrons. The van der Waals surface area contributed by atoms with Crippen LogP contribution in [-0.2, 0) is 6.54 Å². The number of fused-ring (bicyclic) bond motifs is 1. The van der Waals surface area contributed by atoms with Gasteiger partial charge in [-0.25, -0.2) is 4.98 Å².